The number of aromatic nitrogens is 1. The molecule has 5 N–H and O–H groups in total. The minimum absolute atomic E-state index is 0.0366. The van der Waals surface area contributed by atoms with Gasteiger partial charge >= 0.3 is 0 Å². The molecular formula is C40H50N4O3Si. The molecule has 48 heavy (non-hydrogen) atoms. The minimum atomic E-state index is -2.15. The fraction of sp³-hybridized carbons (Fsp3) is 0.325. The Morgan fingerprint density at radius 3 is 2.19 bits per heavy atom. The number of pyridine rings is 1. The van der Waals surface area contributed by atoms with E-state index < -0.39 is 8.32 Å². The average molecular weight is 663 g/mol. The van der Waals surface area contributed by atoms with Gasteiger partial charge in [0, 0.05) is 36.3 Å². The second-order valence-corrected chi connectivity index (χ2v) is 18.7. The van der Waals surface area contributed by atoms with Crippen LogP contribution in [-0.2, 0) is 17.5 Å². The Labute approximate surface area is 286 Å². The van der Waals surface area contributed by atoms with Crippen LogP contribution in [-0.4, -0.2) is 32.9 Å². The zero-order chi connectivity index (χ0) is 34.1. The van der Waals surface area contributed by atoms with Crippen LogP contribution in [0.15, 0.2) is 114 Å². The van der Waals surface area contributed by atoms with Crippen molar-refractivity contribution in [2.24, 2.45) is 5.73 Å². The number of fused-ring (bicyclic) bond motifs is 1. The maximum absolute atomic E-state index is 12.5. The van der Waals surface area contributed by atoms with Crippen LogP contribution < -0.4 is 26.7 Å². The van der Waals surface area contributed by atoms with Gasteiger partial charge in [0.2, 0.25) is 5.56 Å². The van der Waals surface area contributed by atoms with E-state index in [0.29, 0.717) is 31.0 Å². The van der Waals surface area contributed by atoms with Crippen LogP contribution in [0.4, 0.5) is 5.69 Å². The van der Waals surface area contributed by atoms with E-state index in [4.69, 9.17) is 14.9 Å². The van der Waals surface area contributed by atoms with Crippen molar-refractivity contribution in [3.8, 4) is 5.75 Å². The summed E-state index contributed by atoms with van der Waals surface area (Å²) in [7, 11) is -2.15. The molecule has 252 valence electrons. The Morgan fingerprint density at radius 1 is 0.812 bits per heavy atom. The molecule has 1 aromatic heterocycles. The number of rotatable bonds is 15. The zero-order valence-electron chi connectivity index (χ0n) is 28.9. The maximum Gasteiger partial charge on any atom is 0.248 e. The SMILES string of the molecule is CC(C)(C)[Si](C)(C)O[C@@H](CNCCc1ccc(NC[C@H](N)c2ccccc2)cc1)c1ccc(OCc2ccccc2)c2[nH]c(=O)ccc12. The Kier molecular flexibility index (Phi) is 11.5. The molecule has 0 aliphatic carbocycles. The lowest BCUT2D eigenvalue weighted by Gasteiger charge is -2.39. The number of anilines is 1. The first-order valence-corrected chi connectivity index (χ1v) is 19.8. The minimum Gasteiger partial charge on any atom is -0.487 e. The molecule has 0 saturated carbocycles. The average Bonchev–Trinajstić information content (AvgIpc) is 3.08. The summed E-state index contributed by atoms with van der Waals surface area (Å²) >= 11 is 0. The molecule has 4 aromatic carbocycles. The third-order valence-corrected chi connectivity index (χ3v) is 13.8. The van der Waals surface area contributed by atoms with Gasteiger partial charge in [-0.1, -0.05) is 99.6 Å². The number of H-pyrrole nitrogens is 1. The Bertz CT molecular complexity index is 1800. The van der Waals surface area contributed by atoms with Crippen LogP contribution in [0.3, 0.4) is 0 Å². The number of hydrogen-bond acceptors (Lipinski definition) is 6. The molecule has 0 bridgehead atoms. The normalized spacial score (nSPS) is 13.3. The van der Waals surface area contributed by atoms with Crippen LogP contribution in [0, 0.1) is 0 Å². The van der Waals surface area contributed by atoms with Gasteiger partial charge in [-0.2, -0.15) is 0 Å². The third kappa shape index (κ3) is 9.23. The van der Waals surface area contributed by atoms with Crippen LogP contribution >= 0.6 is 0 Å². The van der Waals surface area contributed by atoms with Gasteiger partial charge in [0.05, 0.1) is 11.6 Å². The van der Waals surface area contributed by atoms with E-state index in [-0.39, 0.29) is 22.7 Å². The summed E-state index contributed by atoms with van der Waals surface area (Å²) in [5.74, 6) is 0.648. The summed E-state index contributed by atoms with van der Waals surface area (Å²) in [5, 5.41) is 8.10. The predicted molar refractivity (Wildman–Crippen MR) is 201 cm³/mol. The zero-order valence-corrected chi connectivity index (χ0v) is 29.9. The Hall–Kier alpha value is -4.21. The second-order valence-electron chi connectivity index (χ2n) is 14.0. The number of ether oxygens (including phenoxy) is 1. The van der Waals surface area contributed by atoms with Gasteiger partial charge in [-0.05, 0) is 77.6 Å². The Balaban J connectivity index is 1.27. The van der Waals surface area contributed by atoms with Gasteiger partial charge in [-0.3, -0.25) is 4.79 Å². The van der Waals surface area contributed by atoms with E-state index in [9.17, 15) is 4.79 Å². The fourth-order valence-corrected chi connectivity index (χ4v) is 6.71. The van der Waals surface area contributed by atoms with Gasteiger partial charge in [0.25, 0.3) is 0 Å². The lowest BCUT2D eigenvalue weighted by atomic mass is 10.0. The fourth-order valence-electron chi connectivity index (χ4n) is 5.43. The Morgan fingerprint density at radius 2 is 1.50 bits per heavy atom. The highest BCUT2D eigenvalue weighted by molar-refractivity contribution is 6.74. The molecule has 5 aromatic rings. The summed E-state index contributed by atoms with van der Waals surface area (Å²) in [5.41, 5.74) is 12.4. The molecule has 0 unspecified atom stereocenters. The van der Waals surface area contributed by atoms with Crippen LogP contribution in [0.25, 0.3) is 10.9 Å². The summed E-state index contributed by atoms with van der Waals surface area (Å²) in [4.78, 5) is 15.5. The van der Waals surface area contributed by atoms with Crippen LogP contribution in [0.2, 0.25) is 18.1 Å². The first-order chi connectivity index (χ1) is 23.0. The molecule has 0 amide bonds. The smallest absolute Gasteiger partial charge is 0.248 e. The number of aromatic amines is 1. The first kappa shape index (κ1) is 35.1. The van der Waals surface area contributed by atoms with Gasteiger partial charge in [-0.15, -0.1) is 0 Å². The van der Waals surface area contributed by atoms with Gasteiger partial charge in [0.15, 0.2) is 8.32 Å². The van der Waals surface area contributed by atoms with E-state index in [1.165, 1.54) is 5.56 Å². The monoisotopic (exact) mass is 662 g/mol. The molecule has 0 fully saturated rings. The van der Waals surface area contributed by atoms with Crippen LogP contribution in [0.1, 0.15) is 55.2 Å². The molecule has 7 nitrogen and oxygen atoms in total. The molecule has 0 saturated heterocycles. The summed E-state index contributed by atoms with van der Waals surface area (Å²) in [6, 6.07) is 36.2. The van der Waals surface area contributed by atoms with Crippen molar-refractivity contribution >= 4 is 24.9 Å². The van der Waals surface area contributed by atoms with Crippen molar-refractivity contribution in [2.75, 3.05) is 25.0 Å². The molecule has 1 heterocycles. The quantitative estimate of drug-likeness (QED) is 0.0668. The van der Waals surface area contributed by atoms with E-state index in [1.807, 2.05) is 60.7 Å². The lowest BCUT2D eigenvalue weighted by molar-refractivity contribution is 0.182. The van der Waals surface area contributed by atoms with Crippen LogP contribution in [0.5, 0.6) is 5.75 Å². The first-order valence-electron chi connectivity index (χ1n) is 16.8. The van der Waals surface area contributed by atoms with Gasteiger partial charge < -0.3 is 30.5 Å². The highest BCUT2D eigenvalue weighted by Gasteiger charge is 2.39. The summed E-state index contributed by atoms with van der Waals surface area (Å²) < 4.78 is 13.3. The maximum atomic E-state index is 12.5. The standard InChI is InChI=1S/C40H50N4O3Si/c1-40(2,3)48(4,5)47-37(27-42-25-24-29-16-18-32(19-17-29)43-26-35(41)31-14-10-7-11-15-31)33-20-22-36(39-34(33)21-23-38(45)44-39)46-28-30-12-8-6-9-13-30/h6-23,35,37,42-43H,24-28,41H2,1-5H3,(H,44,45)/t35-,37-/m0/s1. The topological polar surface area (TPSA) is 101 Å². The van der Waals surface area contributed by atoms with Crippen molar-refractivity contribution in [3.63, 3.8) is 0 Å². The molecule has 0 aliphatic heterocycles. The van der Waals surface area contributed by atoms with Crippen molar-refractivity contribution in [2.45, 2.75) is 64.1 Å². The molecule has 2 atom stereocenters. The predicted octanol–water partition coefficient (Wildman–Crippen LogP) is 8.11. The molecule has 5 rings (SSSR count). The molecular weight excluding hydrogens is 613 g/mol. The largest absolute Gasteiger partial charge is 0.487 e. The van der Waals surface area contributed by atoms with E-state index >= 15 is 0 Å². The second kappa shape index (κ2) is 15.8. The van der Waals surface area contributed by atoms with E-state index in [1.54, 1.807) is 6.07 Å². The third-order valence-electron chi connectivity index (χ3n) is 9.35. The number of hydrogen-bond donors (Lipinski definition) is 4. The summed E-state index contributed by atoms with van der Waals surface area (Å²) in [6.45, 7) is 13.9. The molecule has 0 radical (unpaired) electrons. The summed E-state index contributed by atoms with van der Waals surface area (Å²) in [6.07, 6.45) is 0.680. The highest BCUT2D eigenvalue weighted by Crippen LogP contribution is 2.41. The van der Waals surface area contributed by atoms with Gasteiger partial charge in [0.1, 0.15) is 12.4 Å². The highest BCUT2D eigenvalue weighted by atomic mass is 28.4. The van der Waals surface area contributed by atoms with Crippen molar-refractivity contribution < 1.29 is 9.16 Å². The van der Waals surface area contributed by atoms with Gasteiger partial charge in [-0.25, -0.2) is 0 Å². The van der Waals surface area contributed by atoms with E-state index in [0.717, 1.165) is 40.7 Å². The number of benzene rings is 4. The van der Waals surface area contributed by atoms with E-state index in [2.05, 4.69) is 91.9 Å². The lowest BCUT2D eigenvalue weighted by Crippen LogP contribution is -2.43. The number of nitrogens with one attached hydrogen (secondary N) is 3. The molecule has 8 heteroatoms. The molecule has 0 aliphatic rings. The number of nitrogens with two attached hydrogens (primary N) is 1. The molecule has 0 spiro atoms. The van der Waals surface area contributed by atoms with Crippen molar-refractivity contribution in [1.82, 2.24) is 10.3 Å². The van der Waals surface area contributed by atoms with Crippen molar-refractivity contribution in [1.29, 1.82) is 0 Å². The van der Waals surface area contributed by atoms with Crippen molar-refractivity contribution in [3.05, 3.63) is 142 Å².